The standard InChI is InChI=1S/C13H11O2/c1-9-7-8-10-5-3-4-6-11(10)12(9)13(14)15-2/h3-8H,1H2,2H3. The quantitative estimate of drug-likeness (QED) is 0.682. The summed E-state index contributed by atoms with van der Waals surface area (Å²) >= 11 is 0. The molecule has 0 unspecified atom stereocenters. The molecule has 0 saturated carbocycles. The van der Waals surface area contributed by atoms with E-state index in [2.05, 4.69) is 6.58 Å². The minimum Gasteiger partial charge on any atom is -0.465 e. The lowest BCUT2D eigenvalue weighted by atomic mass is 10.1. The highest BCUT2D eigenvalue weighted by molar-refractivity contribution is 5.83. The van der Waals surface area contributed by atoms with Crippen molar-refractivity contribution in [1.29, 1.82) is 0 Å². The fraction of sp³-hybridized carbons (Fsp3) is 0.0769. The summed E-state index contributed by atoms with van der Waals surface area (Å²) in [5.74, 6) is -0.336. The Bertz CT molecular complexity index is 599. The first-order valence-electron chi connectivity index (χ1n) is 4.66. The van der Waals surface area contributed by atoms with Crippen molar-refractivity contribution < 1.29 is 9.84 Å². The van der Waals surface area contributed by atoms with Crippen molar-refractivity contribution in [1.82, 2.24) is 0 Å². The highest BCUT2D eigenvalue weighted by atomic mass is 16.6. The second-order valence-corrected chi connectivity index (χ2v) is 3.31. The average molecular weight is 199 g/mol. The molecule has 0 aromatic heterocycles. The first-order chi connectivity index (χ1) is 7.24. The van der Waals surface area contributed by atoms with Crippen LogP contribution >= 0.6 is 0 Å². The summed E-state index contributed by atoms with van der Waals surface area (Å²) < 4.78 is 4.75. The van der Waals surface area contributed by atoms with E-state index in [1.807, 2.05) is 36.4 Å². The molecule has 0 aliphatic heterocycles. The van der Waals surface area contributed by atoms with Crippen molar-refractivity contribution in [3.05, 3.63) is 46.8 Å². The Hall–Kier alpha value is -1.96. The number of hydrogen-bond acceptors (Lipinski definition) is 1. The second-order valence-electron chi connectivity index (χ2n) is 3.31. The van der Waals surface area contributed by atoms with Crippen molar-refractivity contribution in [2.45, 2.75) is 0 Å². The summed E-state index contributed by atoms with van der Waals surface area (Å²) in [6.45, 7) is 3.84. The molecule has 75 valence electrons. The molecule has 0 fully saturated rings. The zero-order chi connectivity index (χ0) is 10.8. The predicted molar refractivity (Wildman–Crippen MR) is 59.8 cm³/mol. The van der Waals surface area contributed by atoms with Gasteiger partial charge < -0.3 is 4.74 Å². The van der Waals surface area contributed by atoms with E-state index in [1.165, 1.54) is 7.11 Å². The van der Waals surface area contributed by atoms with Gasteiger partial charge >= 0.3 is 5.95 Å². The van der Waals surface area contributed by atoms with Crippen molar-refractivity contribution in [2.24, 2.45) is 0 Å². The van der Waals surface area contributed by atoms with Crippen LogP contribution in [0.3, 0.4) is 0 Å². The zero-order valence-electron chi connectivity index (χ0n) is 8.49. The molecule has 1 radical (unpaired) electrons. The van der Waals surface area contributed by atoms with Crippen LogP contribution in [-0.4, -0.2) is 7.11 Å². The Labute approximate surface area is 87.7 Å². The van der Waals surface area contributed by atoms with Crippen LogP contribution in [-0.2, 0) is 9.84 Å². The molecule has 2 aromatic rings. The smallest absolute Gasteiger partial charge is 0.339 e. The van der Waals surface area contributed by atoms with Crippen LogP contribution in [0.2, 0.25) is 0 Å². The zero-order valence-corrected chi connectivity index (χ0v) is 8.49. The van der Waals surface area contributed by atoms with Gasteiger partial charge in [-0.3, -0.25) is 0 Å². The predicted octanol–water partition coefficient (Wildman–Crippen LogP) is 1.39. The van der Waals surface area contributed by atoms with Gasteiger partial charge in [-0.1, -0.05) is 43.0 Å². The second kappa shape index (κ2) is 3.65. The van der Waals surface area contributed by atoms with E-state index in [1.54, 1.807) is 0 Å². The van der Waals surface area contributed by atoms with Crippen molar-refractivity contribution in [2.75, 3.05) is 7.11 Å². The Kier molecular flexibility index (Phi) is 2.34. The van der Waals surface area contributed by atoms with Gasteiger partial charge in [0.1, 0.15) is 0 Å². The fourth-order valence-corrected chi connectivity index (χ4v) is 1.66. The van der Waals surface area contributed by atoms with Crippen LogP contribution in [0.1, 0.15) is 0 Å². The van der Waals surface area contributed by atoms with E-state index in [4.69, 9.17) is 4.74 Å². The lowest BCUT2D eigenvalue weighted by molar-refractivity contribution is 0.182. The summed E-state index contributed by atoms with van der Waals surface area (Å²) in [4.78, 5) is 0. The van der Waals surface area contributed by atoms with Gasteiger partial charge in [0.2, 0.25) is 0 Å². The highest BCUT2D eigenvalue weighted by Gasteiger charge is 2.02. The third-order valence-corrected chi connectivity index (χ3v) is 2.40. The van der Waals surface area contributed by atoms with Gasteiger partial charge in [-0.05, 0) is 16.0 Å². The van der Waals surface area contributed by atoms with Crippen molar-refractivity contribution in [3.63, 3.8) is 0 Å². The Morgan fingerprint density at radius 1 is 1.20 bits per heavy atom. The third kappa shape index (κ3) is 1.54. The summed E-state index contributed by atoms with van der Waals surface area (Å²) in [6, 6.07) is 11.5. The number of methoxy groups -OCH3 is 1. The lowest BCUT2D eigenvalue weighted by Crippen LogP contribution is -2.26. The molecule has 0 bridgehead atoms. The van der Waals surface area contributed by atoms with Crippen LogP contribution in [0.25, 0.3) is 23.3 Å². The molecule has 0 aliphatic rings. The number of hydrogen-bond donors (Lipinski definition) is 0. The molecule has 0 N–H and O–H groups in total. The first-order valence-corrected chi connectivity index (χ1v) is 4.66. The fourth-order valence-electron chi connectivity index (χ4n) is 1.66. The maximum absolute atomic E-state index is 11.6. The molecular weight excluding hydrogens is 188 g/mol. The van der Waals surface area contributed by atoms with Gasteiger partial charge in [0, 0.05) is 0 Å². The van der Waals surface area contributed by atoms with Crippen molar-refractivity contribution >= 4 is 23.3 Å². The molecule has 2 nitrogen and oxygen atoms in total. The van der Waals surface area contributed by atoms with Gasteiger partial charge in [-0.2, -0.15) is 0 Å². The minimum atomic E-state index is -0.336. The Balaban J connectivity index is 3.06. The van der Waals surface area contributed by atoms with Gasteiger partial charge in [0.05, 0.1) is 12.3 Å². The average Bonchev–Trinajstić information content (AvgIpc) is 2.28. The maximum atomic E-state index is 11.6. The van der Waals surface area contributed by atoms with Gasteiger partial charge in [0.25, 0.3) is 0 Å². The molecule has 0 spiro atoms. The van der Waals surface area contributed by atoms with Gasteiger partial charge in [-0.15, -0.1) is 0 Å². The molecule has 2 rings (SSSR count). The summed E-state index contributed by atoms with van der Waals surface area (Å²) in [6.07, 6.45) is 0. The molecule has 0 aliphatic carbocycles. The van der Waals surface area contributed by atoms with Crippen LogP contribution in [0.5, 0.6) is 0 Å². The normalized spacial score (nSPS) is 12.6. The van der Waals surface area contributed by atoms with Crippen molar-refractivity contribution in [3.8, 4) is 0 Å². The maximum Gasteiger partial charge on any atom is 0.339 e. The van der Waals surface area contributed by atoms with E-state index in [-0.39, 0.29) is 5.95 Å². The summed E-state index contributed by atoms with van der Waals surface area (Å²) in [5, 5.41) is 14.7. The number of ether oxygens (including phenoxy) is 1. The van der Waals surface area contributed by atoms with Crippen LogP contribution < -0.4 is 10.4 Å². The van der Waals surface area contributed by atoms with E-state index in [9.17, 15) is 5.11 Å². The highest BCUT2D eigenvalue weighted by Crippen LogP contribution is 2.07. The molecule has 2 aromatic carbocycles. The van der Waals surface area contributed by atoms with E-state index in [0.29, 0.717) is 10.4 Å². The van der Waals surface area contributed by atoms with Crippen LogP contribution in [0.15, 0.2) is 36.4 Å². The number of fused-ring (bicyclic) bond motifs is 1. The largest absolute Gasteiger partial charge is 0.465 e. The molecular formula is C13H11O2. The van der Waals surface area contributed by atoms with Gasteiger partial charge in [-0.25, -0.2) is 5.11 Å². The Morgan fingerprint density at radius 2 is 1.93 bits per heavy atom. The van der Waals surface area contributed by atoms with Gasteiger partial charge in [0.15, 0.2) is 0 Å². The first kappa shape index (κ1) is 9.59. The summed E-state index contributed by atoms with van der Waals surface area (Å²) in [5.41, 5.74) is 0. The molecule has 15 heavy (non-hydrogen) atoms. The lowest BCUT2D eigenvalue weighted by Gasteiger charge is -2.00. The number of rotatable bonds is 1. The van der Waals surface area contributed by atoms with Crippen LogP contribution in [0.4, 0.5) is 0 Å². The minimum absolute atomic E-state index is 0.336. The van der Waals surface area contributed by atoms with Crippen LogP contribution in [0, 0.1) is 0 Å². The molecule has 0 amide bonds. The molecule has 0 saturated heterocycles. The van der Waals surface area contributed by atoms with E-state index < -0.39 is 0 Å². The molecule has 2 heteroatoms. The molecule has 0 atom stereocenters. The molecule has 0 heterocycles. The Morgan fingerprint density at radius 3 is 2.67 bits per heavy atom. The van der Waals surface area contributed by atoms with E-state index >= 15 is 0 Å². The number of benzene rings is 2. The monoisotopic (exact) mass is 199 g/mol. The topological polar surface area (TPSA) is 29.1 Å². The summed E-state index contributed by atoms with van der Waals surface area (Å²) in [7, 11) is 1.38. The SMILES string of the molecule is C=c1ccc2ccccc2c1=C([O])OC. The third-order valence-electron chi connectivity index (χ3n) is 2.40. The van der Waals surface area contributed by atoms with E-state index in [0.717, 1.165) is 10.8 Å².